The number of hydrogen-bond acceptors (Lipinski definition) is 4. The highest BCUT2D eigenvalue weighted by Crippen LogP contribution is 2.14. The van der Waals surface area contributed by atoms with Crippen molar-refractivity contribution in [1.82, 2.24) is 9.88 Å². The van der Waals surface area contributed by atoms with Crippen molar-refractivity contribution in [2.75, 3.05) is 44.2 Å². The third-order valence-electron chi connectivity index (χ3n) is 3.28. The van der Waals surface area contributed by atoms with E-state index in [0.717, 1.165) is 51.5 Å². The Labute approximate surface area is 103 Å². The van der Waals surface area contributed by atoms with E-state index in [0.29, 0.717) is 0 Å². The molecule has 0 aliphatic carbocycles. The first-order valence-electron chi connectivity index (χ1n) is 6.39. The lowest BCUT2D eigenvalue weighted by Gasteiger charge is -2.35. The van der Waals surface area contributed by atoms with Crippen molar-refractivity contribution in [1.29, 1.82) is 0 Å². The van der Waals surface area contributed by atoms with Crippen LogP contribution in [0.15, 0.2) is 18.3 Å². The van der Waals surface area contributed by atoms with Crippen LogP contribution < -0.4 is 10.6 Å². The molecular formula is C13H22N4. The van der Waals surface area contributed by atoms with E-state index in [1.54, 1.807) is 0 Å². The number of rotatable bonds is 4. The largest absolute Gasteiger partial charge is 0.354 e. The molecule has 1 saturated heterocycles. The highest BCUT2D eigenvalue weighted by molar-refractivity contribution is 5.41. The van der Waals surface area contributed by atoms with Crippen molar-refractivity contribution in [3.63, 3.8) is 0 Å². The predicted molar refractivity (Wildman–Crippen MR) is 71.3 cm³/mol. The van der Waals surface area contributed by atoms with E-state index >= 15 is 0 Å². The van der Waals surface area contributed by atoms with Crippen LogP contribution in [0.4, 0.5) is 5.82 Å². The van der Waals surface area contributed by atoms with E-state index in [1.165, 1.54) is 5.56 Å². The Morgan fingerprint density at radius 2 is 2.06 bits per heavy atom. The zero-order valence-electron chi connectivity index (χ0n) is 10.6. The molecule has 4 heteroatoms. The van der Waals surface area contributed by atoms with Crippen molar-refractivity contribution in [3.05, 3.63) is 23.9 Å². The molecule has 2 rings (SSSR count). The highest BCUT2D eigenvalue weighted by Gasteiger charge is 2.17. The minimum Gasteiger partial charge on any atom is -0.354 e. The number of piperazine rings is 1. The van der Waals surface area contributed by atoms with Gasteiger partial charge in [-0.25, -0.2) is 4.98 Å². The van der Waals surface area contributed by atoms with E-state index < -0.39 is 0 Å². The third kappa shape index (κ3) is 3.41. The molecule has 2 N–H and O–H groups in total. The number of nitrogens with zero attached hydrogens (tertiary/aromatic N) is 3. The van der Waals surface area contributed by atoms with Crippen LogP contribution >= 0.6 is 0 Å². The standard InChI is InChI=1S/C13H22N4/c1-12-3-5-15-13(11-12)17-9-7-16(8-10-17)6-2-4-14/h3,5,11H,2,4,6-10,14H2,1H3. The van der Waals surface area contributed by atoms with Gasteiger partial charge in [0, 0.05) is 32.4 Å². The SMILES string of the molecule is Cc1ccnc(N2CCN(CCCN)CC2)c1. The average Bonchev–Trinajstić information content (AvgIpc) is 2.37. The van der Waals surface area contributed by atoms with Gasteiger partial charge in [-0.05, 0) is 44.1 Å². The van der Waals surface area contributed by atoms with Gasteiger partial charge in [-0.1, -0.05) is 0 Å². The summed E-state index contributed by atoms with van der Waals surface area (Å²) in [4.78, 5) is 9.29. The number of aryl methyl sites for hydroxylation is 1. The lowest BCUT2D eigenvalue weighted by Crippen LogP contribution is -2.47. The quantitative estimate of drug-likeness (QED) is 0.839. The van der Waals surface area contributed by atoms with Gasteiger partial charge in [0.25, 0.3) is 0 Å². The van der Waals surface area contributed by atoms with Crippen LogP contribution in [-0.4, -0.2) is 49.2 Å². The summed E-state index contributed by atoms with van der Waals surface area (Å²) in [5.74, 6) is 1.11. The molecule has 0 amide bonds. The Bertz CT molecular complexity index is 345. The lowest BCUT2D eigenvalue weighted by atomic mass is 10.2. The molecule has 2 heterocycles. The van der Waals surface area contributed by atoms with Crippen molar-refractivity contribution < 1.29 is 0 Å². The van der Waals surface area contributed by atoms with E-state index in [1.807, 2.05) is 12.3 Å². The van der Waals surface area contributed by atoms with Crippen LogP contribution in [0.1, 0.15) is 12.0 Å². The van der Waals surface area contributed by atoms with Gasteiger partial charge in [0.05, 0.1) is 0 Å². The zero-order chi connectivity index (χ0) is 12.1. The summed E-state index contributed by atoms with van der Waals surface area (Å²) in [6.45, 7) is 8.42. The van der Waals surface area contributed by atoms with Gasteiger partial charge in [0.1, 0.15) is 5.82 Å². The molecule has 0 atom stereocenters. The molecule has 1 aromatic heterocycles. The highest BCUT2D eigenvalue weighted by atomic mass is 15.3. The fourth-order valence-corrected chi connectivity index (χ4v) is 2.21. The van der Waals surface area contributed by atoms with Crippen LogP contribution in [0.3, 0.4) is 0 Å². The Hall–Kier alpha value is -1.13. The number of aromatic nitrogens is 1. The molecular weight excluding hydrogens is 212 g/mol. The number of pyridine rings is 1. The van der Waals surface area contributed by atoms with Crippen LogP contribution in [0.5, 0.6) is 0 Å². The normalized spacial score (nSPS) is 17.4. The maximum Gasteiger partial charge on any atom is 0.128 e. The van der Waals surface area contributed by atoms with Crippen LogP contribution in [-0.2, 0) is 0 Å². The second-order valence-electron chi connectivity index (χ2n) is 4.66. The summed E-state index contributed by atoms with van der Waals surface area (Å²) in [6.07, 6.45) is 2.99. The first-order chi connectivity index (χ1) is 8.29. The Kier molecular flexibility index (Phi) is 4.34. The molecule has 4 nitrogen and oxygen atoms in total. The summed E-state index contributed by atoms with van der Waals surface area (Å²) in [6, 6.07) is 4.20. The smallest absolute Gasteiger partial charge is 0.128 e. The molecule has 0 saturated carbocycles. The lowest BCUT2D eigenvalue weighted by molar-refractivity contribution is 0.256. The van der Waals surface area contributed by atoms with Gasteiger partial charge in [-0.3, -0.25) is 4.90 Å². The number of anilines is 1. The van der Waals surface area contributed by atoms with Crippen LogP contribution in [0.25, 0.3) is 0 Å². The van der Waals surface area contributed by atoms with Crippen molar-refractivity contribution in [2.24, 2.45) is 5.73 Å². The molecule has 1 aromatic rings. The summed E-state index contributed by atoms with van der Waals surface area (Å²) in [5, 5.41) is 0. The Morgan fingerprint density at radius 3 is 2.71 bits per heavy atom. The van der Waals surface area contributed by atoms with Gasteiger partial charge in [-0.15, -0.1) is 0 Å². The van der Waals surface area contributed by atoms with Gasteiger partial charge in [0.2, 0.25) is 0 Å². The predicted octanol–water partition coefficient (Wildman–Crippen LogP) is 0.861. The Balaban J connectivity index is 1.86. The Morgan fingerprint density at radius 1 is 1.29 bits per heavy atom. The first kappa shape index (κ1) is 12.3. The second-order valence-corrected chi connectivity index (χ2v) is 4.66. The van der Waals surface area contributed by atoms with Crippen LogP contribution in [0.2, 0.25) is 0 Å². The van der Waals surface area contributed by atoms with Crippen molar-refractivity contribution in [3.8, 4) is 0 Å². The van der Waals surface area contributed by atoms with E-state index in [4.69, 9.17) is 5.73 Å². The minimum absolute atomic E-state index is 0.791. The van der Waals surface area contributed by atoms with E-state index in [2.05, 4.69) is 27.8 Å². The average molecular weight is 234 g/mol. The monoisotopic (exact) mass is 234 g/mol. The van der Waals surface area contributed by atoms with Crippen molar-refractivity contribution in [2.45, 2.75) is 13.3 Å². The molecule has 0 spiro atoms. The summed E-state index contributed by atoms with van der Waals surface area (Å²) in [7, 11) is 0. The molecule has 0 unspecified atom stereocenters. The van der Waals surface area contributed by atoms with Gasteiger partial charge >= 0.3 is 0 Å². The van der Waals surface area contributed by atoms with E-state index in [-0.39, 0.29) is 0 Å². The minimum atomic E-state index is 0.791. The molecule has 0 aromatic carbocycles. The maximum absolute atomic E-state index is 5.53. The molecule has 1 aliphatic rings. The molecule has 0 bridgehead atoms. The zero-order valence-corrected chi connectivity index (χ0v) is 10.6. The first-order valence-corrected chi connectivity index (χ1v) is 6.39. The fourth-order valence-electron chi connectivity index (χ4n) is 2.21. The summed E-state index contributed by atoms with van der Waals surface area (Å²) < 4.78 is 0. The molecule has 0 radical (unpaired) electrons. The summed E-state index contributed by atoms with van der Waals surface area (Å²) >= 11 is 0. The van der Waals surface area contributed by atoms with Crippen molar-refractivity contribution >= 4 is 5.82 Å². The molecule has 17 heavy (non-hydrogen) atoms. The number of hydrogen-bond donors (Lipinski definition) is 1. The third-order valence-corrected chi connectivity index (χ3v) is 3.28. The molecule has 94 valence electrons. The van der Waals surface area contributed by atoms with Gasteiger partial charge < -0.3 is 10.6 Å². The van der Waals surface area contributed by atoms with Crippen LogP contribution in [0, 0.1) is 6.92 Å². The molecule has 1 aliphatic heterocycles. The maximum atomic E-state index is 5.53. The fraction of sp³-hybridized carbons (Fsp3) is 0.615. The topological polar surface area (TPSA) is 45.4 Å². The molecule has 1 fully saturated rings. The summed E-state index contributed by atoms with van der Waals surface area (Å²) in [5.41, 5.74) is 6.81. The van der Waals surface area contributed by atoms with E-state index in [9.17, 15) is 0 Å². The number of nitrogens with two attached hydrogens (primary N) is 1. The van der Waals surface area contributed by atoms with Gasteiger partial charge in [-0.2, -0.15) is 0 Å². The van der Waals surface area contributed by atoms with Gasteiger partial charge in [0.15, 0.2) is 0 Å². The second kappa shape index (κ2) is 5.98.